The number of hydrogen-bond donors (Lipinski definition) is 2. The molecule has 7 heteroatoms. The van der Waals surface area contributed by atoms with Crippen molar-refractivity contribution in [3.05, 3.63) is 29.6 Å². The molecule has 0 radical (unpaired) electrons. The zero-order chi connectivity index (χ0) is 13.3. The van der Waals surface area contributed by atoms with Crippen LogP contribution in [0.4, 0.5) is 18.9 Å². The van der Waals surface area contributed by atoms with Crippen LogP contribution in [0, 0.1) is 0 Å². The Morgan fingerprint density at radius 1 is 1.33 bits per heavy atom. The third-order valence-electron chi connectivity index (χ3n) is 2.49. The first kappa shape index (κ1) is 12.4. The van der Waals surface area contributed by atoms with Gasteiger partial charge in [0.25, 0.3) is 0 Å². The van der Waals surface area contributed by atoms with Gasteiger partial charge in [0.1, 0.15) is 5.82 Å². The smallest absolute Gasteiger partial charge is 0.398 e. The molecular weight excluding hydrogens is 245 g/mol. The second kappa shape index (κ2) is 4.32. The van der Waals surface area contributed by atoms with Crippen LogP contribution in [-0.2, 0) is 12.6 Å². The molecule has 0 aliphatic heterocycles. The molecule has 0 fully saturated rings. The van der Waals surface area contributed by atoms with Gasteiger partial charge in [-0.25, -0.2) is 4.98 Å². The van der Waals surface area contributed by atoms with Crippen molar-refractivity contribution in [3.63, 3.8) is 0 Å². The summed E-state index contributed by atoms with van der Waals surface area (Å²) in [7, 11) is 0. The average molecular weight is 256 g/mol. The molecule has 96 valence electrons. The maximum atomic E-state index is 12.5. The van der Waals surface area contributed by atoms with Gasteiger partial charge in [0.05, 0.1) is 5.56 Å². The van der Waals surface area contributed by atoms with E-state index in [2.05, 4.69) is 15.2 Å². The molecule has 0 bridgehead atoms. The van der Waals surface area contributed by atoms with E-state index in [4.69, 9.17) is 5.73 Å². The highest BCUT2D eigenvalue weighted by atomic mass is 19.4. The fraction of sp³-hybridized carbons (Fsp3) is 0.273. The number of halogens is 3. The average Bonchev–Trinajstić information content (AvgIpc) is 2.76. The number of nitrogen functional groups attached to an aromatic ring is 1. The highest BCUT2D eigenvalue weighted by Gasteiger charge is 2.31. The highest BCUT2D eigenvalue weighted by molar-refractivity contribution is 5.72. The number of rotatable bonds is 2. The van der Waals surface area contributed by atoms with Crippen molar-refractivity contribution in [2.75, 3.05) is 5.73 Å². The van der Waals surface area contributed by atoms with Crippen molar-refractivity contribution >= 4 is 5.69 Å². The predicted octanol–water partition coefficient (Wildman–Crippen LogP) is 2.64. The lowest BCUT2D eigenvalue weighted by Gasteiger charge is -2.08. The van der Waals surface area contributed by atoms with Crippen molar-refractivity contribution in [2.45, 2.75) is 19.5 Å². The molecule has 0 atom stereocenters. The molecule has 0 saturated carbocycles. The number of alkyl halides is 3. The summed E-state index contributed by atoms with van der Waals surface area (Å²) in [6, 6.07) is 3.13. The van der Waals surface area contributed by atoms with Crippen LogP contribution in [0.25, 0.3) is 11.4 Å². The van der Waals surface area contributed by atoms with Crippen molar-refractivity contribution in [1.29, 1.82) is 0 Å². The third-order valence-corrected chi connectivity index (χ3v) is 2.49. The Labute approximate surface area is 101 Å². The molecular formula is C11H11F3N4. The lowest BCUT2D eigenvalue weighted by Crippen LogP contribution is -2.06. The lowest BCUT2D eigenvalue weighted by atomic mass is 10.1. The minimum Gasteiger partial charge on any atom is -0.398 e. The van der Waals surface area contributed by atoms with E-state index < -0.39 is 11.7 Å². The maximum Gasteiger partial charge on any atom is 0.416 e. The SMILES string of the molecule is CCc1nc(-c2ccc(C(F)(F)F)cc2N)n[nH]1. The van der Waals surface area contributed by atoms with E-state index in [1.54, 1.807) is 0 Å². The Bertz CT molecular complexity index is 560. The van der Waals surface area contributed by atoms with Gasteiger partial charge >= 0.3 is 6.18 Å². The molecule has 0 aliphatic rings. The fourth-order valence-electron chi connectivity index (χ4n) is 1.52. The minimum absolute atomic E-state index is 0.00600. The molecule has 18 heavy (non-hydrogen) atoms. The number of nitrogens with zero attached hydrogens (tertiary/aromatic N) is 2. The van der Waals surface area contributed by atoms with Crippen LogP contribution in [0.1, 0.15) is 18.3 Å². The Balaban J connectivity index is 2.41. The zero-order valence-corrected chi connectivity index (χ0v) is 9.54. The van der Waals surface area contributed by atoms with E-state index in [9.17, 15) is 13.2 Å². The highest BCUT2D eigenvalue weighted by Crippen LogP contribution is 2.33. The molecule has 1 aromatic carbocycles. The number of nitrogens with two attached hydrogens (primary N) is 1. The van der Waals surface area contributed by atoms with Gasteiger partial charge in [0.15, 0.2) is 5.82 Å². The van der Waals surface area contributed by atoms with Crippen molar-refractivity contribution in [2.24, 2.45) is 0 Å². The number of nitrogens with one attached hydrogen (secondary N) is 1. The van der Waals surface area contributed by atoms with Gasteiger partial charge < -0.3 is 5.73 Å². The molecule has 2 aromatic rings. The topological polar surface area (TPSA) is 67.6 Å². The minimum atomic E-state index is -4.40. The molecule has 0 aliphatic carbocycles. The number of anilines is 1. The zero-order valence-electron chi connectivity index (χ0n) is 9.54. The molecule has 1 aromatic heterocycles. The number of H-pyrrole nitrogens is 1. The second-order valence-electron chi connectivity index (χ2n) is 3.76. The van der Waals surface area contributed by atoms with Crippen LogP contribution < -0.4 is 5.73 Å². The molecule has 0 unspecified atom stereocenters. The largest absolute Gasteiger partial charge is 0.416 e. The third kappa shape index (κ3) is 2.29. The van der Waals surface area contributed by atoms with Crippen molar-refractivity contribution in [1.82, 2.24) is 15.2 Å². The van der Waals surface area contributed by atoms with Crippen LogP contribution >= 0.6 is 0 Å². The Hall–Kier alpha value is -2.05. The number of benzene rings is 1. The summed E-state index contributed by atoms with van der Waals surface area (Å²) in [6.45, 7) is 1.89. The van der Waals surface area contributed by atoms with Crippen LogP contribution in [-0.4, -0.2) is 15.2 Å². The second-order valence-corrected chi connectivity index (χ2v) is 3.76. The number of hydrogen-bond acceptors (Lipinski definition) is 3. The van der Waals surface area contributed by atoms with Gasteiger partial charge in [-0.2, -0.15) is 18.3 Å². The summed E-state index contributed by atoms with van der Waals surface area (Å²) in [6.07, 6.45) is -3.74. The van der Waals surface area contributed by atoms with Crippen molar-refractivity contribution in [3.8, 4) is 11.4 Å². The number of aromatic nitrogens is 3. The first-order chi connectivity index (χ1) is 8.41. The Kier molecular flexibility index (Phi) is 2.98. The van der Waals surface area contributed by atoms with E-state index in [0.29, 0.717) is 23.6 Å². The van der Waals surface area contributed by atoms with E-state index in [1.165, 1.54) is 6.07 Å². The quantitative estimate of drug-likeness (QED) is 0.811. The number of aromatic amines is 1. The first-order valence-electron chi connectivity index (χ1n) is 5.30. The predicted molar refractivity (Wildman–Crippen MR) is 60.6 cm³/mol. The van der Waals surface area contributed by atoms with Gasteiger partial charge in [-0.1, -0.05) is 6.92 Å². The van der Waals surface area contributed by atoms with E-state index >= 15 is 0 Å². The van der Waals surface area contributed by atoms with Crippen LogP contribution in [0.5, 0.6) is 0 Å². The first-order valence-corrected chi connectivity index (χ1v) is 5.30. The summed E-state index contributed by atoms with van der Waals surface area (Å²) in [5.74, 6) is 0.961. The lowest BCUT2D eigenvalue weighted by molar-refractivity contribution is -0.137. The Morgan fingerprint density at radius 2 is 2.06 bits per heavy atom. The summed E-state index contributed by atoms with van der Waals surface area (Å²) in [4.78, 5) is 4.12. The van der Waals surface area contributed by atoms with Gasteiger partial charge in [0.2, 0.25) is 0 Å². The maximum absolute atomic E-state index is 12.5. The molecule has 4 nitrogen and oxygen atoms in total. The van der Waals surface area contributed by atoms with Crippen LogP contribution in [0.3, 0.4) is 0 Å². The van der Waals surface area contributed by atoms with Gasteiger partial charge in [0, 0.05) is 17.7 Å². The molecule has 0 spiro atoms. The monoisotopic (exact) mass is 256 g/mol. The molecule has 0 saturated heterocycles. The summed E-state index contributed by atoms with van der Waals surface area (Å²) in [5.41, 5.74) is 5.22. The van der Waals surface area contributed by atoms with E-state index in [-0.39, 0.29) is 5.69 Å². The van der Waals surface area contributed by atoms with E-state index in [1.807, 2.05) is 6.92 Å². The number of aryl methyl sites for hydroxylation is 1. The summed E-state index contributed by atoms with van der Waals surface area (Å²) < 4.78 is 37.4. The van der Waals surface area contributed by atoms with Crippen LogP contribution in [0.2, 0.25) is 0 Å². The Morgan fingerprint density at radius 3 is 2.56 bits per heavy atom. The van der Waals surface area contributed by atoms with Crippen molar-refractivity contribution < 1.29 is 13.2 Å². The standard InChI is InChI=1S/C11H11F3N4/c1-2-9-16-10(18-17-9)7-4-3-6(5-8(7)15)11(12,13)14/h3-5H,2,15H2,1H3,(H,16,17,18). The van der Waals surface area contributed by atoms with Crippen LogP contribution in [0.15, 0.2) is 18.2 Å². The summed E-state index contributed by atoms with van der Waals surface area (Å²) >= 11 is 0. The molecule has 0 amide bonds. The normalized spacial score (nSPS) is 11.8. The molecule has 2 rings (SSSR count). The molecule has 1 heterocycles. The fourth-order valence-corrected chi connectivity index (χ4v) is 1.52. The molecule has 3 N–H and O–H groups in total. The van der Waals surface area contributed by atoms with Gasteiger partial charge in [-0.15, -0.1) is 0 Å². The van der Waals surface area contributed by atoms with Gasteiger partial charge in [-0.3, -0.25) is 5.10 Å². The van der Waals surface area contributed by atoms with Gasteiger partial charge in [-0.05, 0) is 18.2 Å². The summed E-state index contributed by atoms with van der Waals surface area (Å²) in [5, 5.41) is 6.60. The van der Waals surface area contributed by atoms with E-state index in [0.717, 1.165) is 12.1 Å².